The summed E-state index contributed by atoms with van der Waals surface area (Å²) in [5.41, 5.74) is 1.06. The zero-order valence-corrected chi connectivity index (χ0v) is 7.74. The summed E-state index contributed by atoms with van der Waals surface area (Å²) in [5, 5.41) is 8.43. The number of carboxylic acids is 1. The smallest absolute Gasteiger partial charge is 0.354 e. The number of aromatic amines is 1. The van der Waals surface area contributed by atoms with E-state index in [1.165, 1.54) is 7.11 Å². The normalized spacial score (nSPS) is 9.79. The minimum atomic E-state index is -0.862. The van der Waals surface area contributed by atoms with Crippen molar-refractivity contribution in [3.63, 3.8) is 0 Å². The molecule has 1 heterocycles. The van der Waals surface area contributed by atoms with E-state index in [0.29, 0.717) is 17.8 Å². The summed E-state index contributed by atoms with van der Waals surface area (Å²) in [7, 11) is 1.29. The molecular weight excluding hydrogens is 186 g/mol. The molecule has 0 bridgehead atoms. The summed E-state index contributed by atoms with van der Waals surface area (Å²) in [4.78, 5) is 24.0. The summed E-state index contributed by atoms with van der Waals surface area (Å²) in [5.74, 6) is -1.31. The molecule has 0 atom stereocenters. The fourth-order valence-electron chi connectivity index (χ4n) is 1.06. The molecule has 0 amide bonds. The van der Waals surface area contributed by atoms with E-state index in [-0.39, 0.29) is 6.42 Å². The molecule has 5 heteroatoms. The van der Waals surface area contributed by atoms with Crippen LogP contribution in [0.15, 0.2) is 12.1 Å². The Hall–Kier alpha value is -1.78. The first kappa shape index (κ1) is 10.3. The molecule has 0 spiro atoms. The molecule has 0 saturated carbocycles. The minimum absolute atomic E-state index is 0.0428. The summed E-state index contributed by atoms with van der Waals surface area (Å²) in [6.45, 7) is 0. The number of carbonyl (C=O) groups excluding carboxylic acids is 1. The van der Waals surface area contributed by atoms with Gasteiger partial charge in [-0.05, 0) is 18.6 Å². The van der Waals surface area contributed by atoms with E-state index >= 15 is 0 Å². The first-order chi connectivity index (χ1) is 6.63. The Kier molecular flexibility index (Phi) is 3.28. The number of nitrogens with one attached hydrogen (secondary N) is 1. The number of hydrogen-bond donors (Lipinski definition) is 2. The van der Waals surface area contributed by atoms with Crippen LogP contribution in [0.4, 0.5) is 0 Å². The second-order valence-electron chi connectivity index (χ2n) is 2.78. The fraction of sp³-hybridized carbons (Fsp3) is 0.333. The van der Waals surface area contributed by atoms with Gasteiger partial charge >= 0.3 is 11.9 Å². The van der Waals surface area contributed by atoms with Crippen molar-refractivity contribution in [3.8, 4) is 0 Å². The molecule has 1 rings (SSSR count). The van der Waals surface area contributed by atoms with Gasteiger partial charge in [-0.2, -0.15) is 0 Å². The van der Waals surface area contributed by atoms with Crippen molar-refractivity contribution in [2.45, 2.75) is 12.8 Å². The number of ether oxygens (including phenoxy) is 1. The topological polar surface area (TPSA) is 79.4 Å². The lowest BCUT2D eigenvalue weighted by molar-refractivity contribution is -0.136. The monoisotopic (exact) mass is 197 g/mol. The van der Waals surface area contributed by atoms with Gasteiger partial charge in [-0.3, -0.25) is 4.79 Å². The lowest BCUT2D eigenvalue weighted by atomic mass is 10.2. The highest BCUT2D eigenvalue weighted by Crippen LogP contribution is 2.05. The number of carboxylic acid groups (broad SMARTS) is 1. The molecule has 5 nitrogen and oxygen atoms in total. The first-order valence-corrected chi connectivity index (χ1v) is 4.11. The van der Waals surface area contributed by atoms with Crippen LogP contribution in [-0.4, -0.2) is 29.1 Å². The van der Waals surface area contributed by atoms with Crippen molar-refractivity contribution in [2.75, 3.05) is 7.11 Å². The zero-order valence-electron chi connectivity index (χ0n) is 7.74. The highest BCUT2D eigenvalue weighted by molar-refractivity contribution is 5.87. The zero-order chi connectivity index (χ0) is 10.6. The number of carbonyl (C=O) groups is 2. The number of esters is 1. The third-order valence-electron chi connectivity index (χ3n) is 1.76. The van der Waals surface area contributed by atoms with E-state index < -0.39 is 11.9 Å². The van der Waals surface area contributed by atoms with Crippen LogP contribution in [0.1, 0.15) is 22.6 Å². The predicted octanol–water partition coefficient (Wildman–Crippen LogP) is 0.819. The maximum atomic E-state index is 11.0. The third kappa shape index (κ3) is 2.62. The molecule has 76 valence electrons. The SMILES string of the molecule is COC(=O)c1ccc(CCC(=O)O)[nH]1. The number of aromatic nitrogens is 1. The number of aliphatic carboxylic acids is 1. The van der Waals surface area contributed by atoms with Gasteiger partial charge in [-0.15, -0.1) is 0 Å². The van der Waals surface area contributed by atoms with Crippen LogP contribution in [0.25, 0.3) is 0 Å². The van der Waals surface area contributed by atoms with Gasteiger partial charge in [0.1, 0.15) is 5.69 Å². The number of aryl methyl sites for hydroxylation is 1. The van der Waals surface area contributed by atoms with Crippen LogP contribution in [-0.2, 0) is 16.0 Å². The van der Waals surface area contributed by atoms with Crippen molar-refractivity contribution in [1.82, 2.24) is 4.98 Å². The summed E-state index contributed by atoms with van der Waals surface area (Å²) in [6, 6.07) is 3.25. The number of rotatable bonds is 4. The van der Waals surface area contributed by atoms with Gasteiger partial charge in [0.15, 0.2) is 0 Å². The van der Waals surface area contributed by atoms with Crippen LogP contribution in [0, 0.1) is 0 Å². The maximum absolute atomic E-state index is 11.0. The standard InChI is InChI=1S/C9H11NO4/c1-14-9(13)7-4-2-6(10-7)3-5-8(11)12/h2,4,10H,3,5H2,1H3,(H,11,12). The highest BCUT2D eigenvalue weighted by atomic mass is 16.5. The van der Waals surface area contributed by atoms with Crippen LogP contribution < -0.4 is 0 Å². The van der Waals surface area contributed by atoms with E-state index in [1.807, 2.05) is 0 Å². The van der Waals surface area contributed by atoms with Gasteiger partial charge in [-0.1, -0.05) is 0 Å². The summed E-state index contributed by atoms with van der Waals surface area (Å²) >= 11 is 0. The van der Waals surface area contributed by atoms with Crippen molar-refractivity contribution < 1.29 is 19.4 Å². The Labute approximate surface area is 80.7 Å². The van der Waals surface area contributed by atoms with Crippen LogP contribution in [0.2, 0.25) is 0 Å². The van der Waals surface area contributed by atoms with E-state index in [4.69, 9.17) is 5.11 Å². The average molecular weight is 197 g/mol. The molecule has 0 aliphatic carbocycles. The van der Waals surface area contributed by atoms with Crippen molar-refractivity contribution in [2.24, 2.45) is 0 Å². The van der Waals surface area contributed by atoms with Gasteiger partial charge in [0.2, 0.25) is 0 Å². The quantitative estimate of drug-likeness (QED) is 0.700. The van der Waals surface area contributed by atoms with Crippen molar-refractivity contribution in [3.05, 3.63) is 23.5 Å². The highest BCUT2D eigenvalue weighted by Gasteiger charge is 2.08. The fourth-order valence-corrected chi connectivity index (χ4v) is 1.06. The summed E-state index contributed by atoms with van der Waals surface area (Å²) in [6.07, 6.45) is 0.424. The van der Waals surface area contributed by atoms with Gasteiger partial charge < -0.3 is 14.8 Å². The molecule has 1 aromatic heterocycles. The largest absolute Gasteiger partial charge is 0.481 e. The Morgan fingerprint density at radius 3 is 2.79 bits per heavy atom. The molecule has 0 aromatic carbocycles. The summed E-state index contributed by atoms with van der Waals surface area (Å²) < 4.78 is 4.49. The van der Waals surface area contributed by atoms with Crippen LogP contribution in [0.5, 0.6) is 0 Å². The lowest BCUT2D eigenvalue weighted by Gasteiger charge is -1.95. The van der Waals surface area contributed by atoms with E-state index in [2.05, 4.69) is 9.72 Å². The molecule has 1 aromatic rings. The molecule has 2 N–H and O–H groups in total. The molecule has 0 unspecified atom stereocenters. The van der Waals surface area contributed by atoms with E-state index in [0.717, 1.165) is 0 Å². The number of H-pyrrole nitrogens is 1. The maximum Gasteiger partial charge on any atom is 0.354 e. The molecule has 0 fully saturated rings. The number of hydrogen-bond acceptors (Lipinski definition) is 3. The lowest BCUT2D eigenvalue weighted by Crippen LogP contribution is -2.02. The Balaban J connectivity index is 2.59. The van der Waals surface area contributed by atoms with E-state index in [1.54, 1.807) is 12.1 Å². The Morgan fingerprint density at radius 1 is 1.50 bits per heavy atom. The van der Waals surface area contributed by atoms with Crippen LogP contribution in [0.3, 0.4) is 0 Å². The first-order valence-electron chi connectivity index (χ1n) is 4.11. The van der Waals surface area contributed by atoms with Crippen molar-refractivity contribution in [1.29, 1.82) is 0 Å². The van der Waals surface area contributed by atoms with Gasteiger partial charge in [0.25, 0.3) is 0 Å². The number of methoxy groups -OCH3 is 1. The van der Waals surface area contributed by atoms with Crippen molar-refractivity contribution >= 4 is 11.9 Å². The molecule has 0 aliphatic heterocycles. The van der Waals surface area contributed by atoms with Gasteiger partial charge in [0.05, 0.1) is 13.5 Å². The van der Waals surface area contributed by atoms with Gasteiger partial charge in [-0.25, -0.2) is 4.79 Å². The Bertz CT molecular complexity index is 342. The van der Waals surface area contributed by atoms with Crippen LogP contribution >= 0.6 is 0 Å². The van der Waals surface area contributed by atoms with E-state index in [9.17, 15) is 9.59 Å². The third-order valence-corrected chi connectivity index (χ3v) is 1.76. The second-order valence-corrected chi connectivity index (χ2v) is 2.78. The molecule has 0 radical (unpaired) electrons. The molecular formula is C9H11NO4. The van der Waals surface area contributed by atoms with Gasteiger partial charge in [0, 0.05) is 5.69 Å². The molecule has 14 heavy (non-hydrogen) atoms. The molecule has 0 saturated heterocycles. The Morgan fingerprint density at radius 2 is 2.21 bits per heavy atom. The predicted molar refractivity (Wildman–Crippen MR) is 48.1 cm³/mol. The average Bonchev–Trinajstić information content (AvgIpc) is 2.62. The minimum Gasteiger partial charge on any atom is -0.481 e. The molecule has 0 aliphatic rings. The second kappa shape index (κ2) is 4.45.